The fourth-order valence-corrected chi connectivity index (χ4v) is 1.51. The van der Waals surface area contributed by atoms with Crippen molar-refractivity contribution < 1.29 is 22.3 Å². The quantitative estimate of drug-likeness (QED) is 0.642. The summed E-state index contributed by atoms with van der Waals surface area (Å²) >= 11 is 0. The van der Waals surface area contributed by atoms with Gasteiger partial charge in [-0.2, -0.15) is 0 Å². The van der Waals surface area contributed by atoms with Crippen LogP contribution in [0.4, 0.5) is 23.2 Å². The van der Waals surface area contributed by atoms with Crippen LogP contribution >= 0.6 is 0 Å². The number of ether oxygens (including phenoxy) is 1. The number of nitrogens with zero attached hydrogens (tertiary/aromatic N) is 3. The molecule has 0 aliphatic heterocycles. The van der Waals surface area contributed by atoms with Crippen molar-refractivity contribution in [3.8, 4) is 5.75 Å². The van der Waals surface area contributed by atoms with Gasteiger partial charge in [0.1, 0.15) is 12.1 Å². The van der Waals surface area contributed by atoms with Gasteiger partial charge in [-0.15, -0.1) is 13.2 Å². The fraction of sp³-hybridized carbons (Fsp3) is 0.154. The monoisotopic (exact) mass is 299 g/mol. The third-order valence-electron chi connectivity index (χ3n) is 2.42. The Kier molecular flexibility index (Phi) is 4.15. The largest absolute Gasteiger partial charge is 0.573 e. The molecule has 8 heteroatoms. The molecule has 0 bridgehead atoms. The molecule has 2 aromatic rings. The molecule has 0 aliphatic rings. The van der Waals surface area contributed by atoms with Crippen LogP contribution in [0.3, 0.4) is 0 Å². The molecule has 0 spiro atoms. The first-order valence-corrected chi connectivity index (χ1v) is 5.71. The van der Waals surface area contributed by atoms with E-state index in [-0.39, 0.29) is 5.69 Å². The lowest BCUT2D eigenvalue weighted by Crippen LogP contribution is -2.17. The summed E-state index contributed by atoms with van der Waals surface area (Å²) in [6.45, 7) is 1.61. The number of rotatable bonds is 3. The van der Waals surface area contributed by atoms with Crippen LogP contribution in [-0.4, -0.2) is 22.0 Å². The van der Waals surface area contributed by atoms with Crippen molar-refractivity contribution in [1.82, 2.24) is 9.97 Å². The number of hydrogen-bond acceptors (Lipinski definition) is 4. The molecule has 0 atom stereocenters. The van der Waals surface area contributed by atoms with E-state index < -0.39 is 17.9 Å². The first-order chi connectivity index (χ1) is 9.85. The molecule has 0 amide bonds. The molecule has 0 aliphatic carbocycles. The number of aromatic nitrogens is 2. The van der Waals surface area contributed by atoms with E-state index in [1.807, 2.05) is 0 Å². The molecule has 1 heterocycles. The Bertz CT molecular complexity index is 656. The van der Waals surface area contributed by atoms with Gasteiger partial charge in [0.05, 0.1) is 5.69 Å². The first-order valence-electron chi connectivity index (χ1n) is 5.71. The van der Waals surface area contributed by atoms with E-state index in [9.17, 15) is 17.6 Å². The SMILES string of the molecule is C/C(=N\c1ccc(OC(F)(F)F)cc1F)c1cncnc1. The minimum Gasteiger partial charge on any atom is -0.406 e. The van der Waals surface area contributed by atoms with E-state index in [4.69, 9.17) is 0 Å². The molecule has 110 valence electrons. The van der Waals surface area contributed by atoms with Crippen LogP contribution in [0.5, 0.6) is 5.75 Å². The molecule has 2 rings (SSSR count). The number of benzene rings is 1. The summed E-state index contributed by atoms with van der Waals surface area (Å²) in [4.78, 5) is 11.6. The molecule has 21 heavy (non-hydrogen) atoms. The van der Waals surface area contributed by atoms with E-state index >= 15 is 0 Å². The van der Waals surface area contributed by atoms with Gasteiger partial charge in [-0.1, -0.05) is 0 Å². The topological polar surface area (TPSA) is 47.4 Å². The van der Waals surface area contributed by atoms with E-state index in [1.165, 1.54) is 18.7 Å². The van der Waals surface area contributed by atoms with E-state index in [0.29, 0.717) is 17.3 Å². The Balaban J connectivity index is 2.26. The molecular formula is C13H9F4N3O. The third kappa shape index (κ3) is 4.23. The zero-order valence-corrected chi connectivity index (χ0v) is 10.7. The third-order valence-corrected chi connectivity index (χ3v) is 2.42. The van der Waals surface area contributed by atoms with Crippen molar-refractivity contribution in [1.29, 1.82) is 0 Å². The highest BCUT2D eigenvalue weighted by Gasteiger charge is 2.31. The van der Waals surface area contributed by atoms with Crippen molar-refractivity contribution in [2.24, 2.45) is 4.99 Å². The van der Waals surface area contributed by atoms with Crippen molar-refractivity contribution in [2.75, 3.05) is 0 Å². The van der Waals surface area contributed by atoms with Crippen molar-refractivity contribution in [3.63, 3.8) is 0 Å². The Labute approximate surface area is 117 Å². The maximum atomic E-state index is 13.7. The fourth-order valence-electron chi connectivity index (χ4n) is 1.51. The van der Waals surface area contributed by atoms with Gasteiger partial charge in [0, 0.05) is 29.7 Å². The summed E-state index contributed by atoms with van der Waals surface area (Å²) in [6.07, 6.45) is -0.551. The van der Waals surface area contributed by atoms with E-state index in [0.717, 1.165) is 12.1 Å². The van der Waals surface area contributed by atoms with Crippen LogP contribution in [0, 0.1) is 5.82 Å². The van der Waals surface area contributed by atoms with Crippen molar-refractivity contribution >= 4 is 11.4 Å². The highest BCUT2D eigenvalue weighted by molar-refractivity contribution is 5.99. The summed E-state index contributed by atoms with van der Waals surface area (Å²) < 4.78 is 53.4. The zero-order chi connectivity index (χ0) is 15.5. The summed E-state index contributed by atoms with van der Waals surface area (Å²) in [5, 5.41) is 0. The average molecular weight is 299 g/mol. The molecule has 1 aromatic heterocycles. The predicted octanol–water partition coefficient (Wildman–Crippen LogP) is 3.66. The Hall–Kier alpha value is -2.51. The summed E-state index contributed by atoms with van der Waals surface area (Å²) in [5.74, 6) is -1.56. The minimum absolute atomic E-state index is 0.106. The number of aliphatic imine (C=N–C) groups is 1. The van der Waals surface area contributed by atoms with Gasteiger partial charge in [-0.3, -0.25) is 0 Å². The van der Waals surface area contributed by atoms with Gasteiger partial charge < -0.3 is 4.74 Å². The van der Waals surface area contributed by atoms with Gasteiger partial charge in [0.15, 0.2) is 5.82 Å². The maximum Gasteiger partial charge on any atom is 0.573 e. The number of hydrogen-bond donors (Lipinski definition) is 0. The van der Waals surface area contributed by atoms with Crippen LogP contribution in [0.15, 0.2) is 41.9 Å². The van der Waals surface area contributed by atoms with Crippen LogP contribution in [0.1, 0.15) is 12.5 Å². The van der Waals surface area contributed by atoms with Crippen LogP contribution in [0.2, 0.25) is 0 Å². The Morgan fingerprint density at radius 1 is 1.19 bits per heavy atom. The number of halogens is 4. The highest BCUT2D eigenvalue weighted by atomic mass is 19.4. The van der Waals surface area contributed by atoms with E-state index in [1.54, 1.807) is 6.92 Å². The number of alkyl halides is 3. The van der Waals surface area contributed by atoms with Gasteiger partial charge >= 0.3 is 6.36 Å². The standard InChI is InChI=1S/C13H9F4N3O/c1-8(9-5-18-7-19-6-9)20-12-3-2-10(4-11(12)14)21-13(15,16)17/h2-7H,1H3/b20-8+. The lowest BCUT2D eigenvalue weighted by atomic mass is 10.2. The minimum atomic E-state index is -4.87. The van der Waals surface area contributed by atoms with Crippen molar-refractivity contribution in [2.45, 2.75) is 13.3 Å². The molecule has 0 saturated carbocycles. The normalized spacial score (nSPS) is 12.3. The molecule has 4 nitrogen and oxygen atoms in total. The highest BCUT2D eigenvalue weighted by Crippen LogP contribution is 2.28. The maximum absolute atomic E-state index is 13.7. The van der Waals surface area contributed by atoms with Crippen molar-refractivity contribution in [3.05, 3.63) is 48.3 Å². The Morgan fingerprint density at radius 2 is 1.86 bits per heavy atom. The van der Waals surface area contributed by atoms with Crippen LogP contribution in [-0.2, 0) is 0 Å². The van der Waals surface area contributed by atoms with Gasteiger partial charge in [-0.05, 0) is 19.1 Å². The molecule has 0 saturated heterocycles. The van der Waals surface area contributed by atoms with Gasteiger partial charge in [0.25, 0.3) is 0 Å². The molecular weight excluding hydrogens is 290 g/mol. The second-order valence-corrected chi connectivity index (χ2v) is 3.99. The summed E-state index contributed by atoms with van der Waals surface area (Å²) in [7, 11) is 0. The molecule has 0 radical (unpaired) electrons. The average Bonchev–Trinajstić information content (AvgIpc) is 2.41. The first kappa shape index (κ1) is 14.9. The second kappa shape index (κ2) is 5.86. The van der Waals surface area contributed by atoms with Crippen LogP contribution in [0.25, 0.3) is 0 Å². The molecule has 1 aromatic carbocycles. The smallest absolute Gasteiger partial charge is 0.406 e. The molecule has 0 unspecified atom stereocenters. The predicted molar refractivity (Wildman–Crippen MR) is 67.0 cm³/mol. The Morgan fingerprint density at radius 3 is 2.43 bits per heavy atom. The lowest BCUT2D eigenvalue weighted by Gasteiger charge is -2.09. The van der Waals surface area contributed by atoms with Gasteiger partial charge in [0.2, 0.25) is 0 Å². The van der Waals surface area contributed by atoms with Crippen LogP contribution < -0.4 is 4.74 Å². The molecule has 0 fully saturated rings. The van der Waals surface area contributed by atoms with Gasteiger partial charge in [-0.25, -0.2) is 19.4 Å². The summed E-state index contributed by atoms with van der Waals surface area (Å²) in [6, 6.07) is 2.72. The second-order valence-electron chi connectivity index (χ2n) is 3.99. The zero-order valence-electron chi connectivity index (χ0n) is 10.7. The molecule has 0 N–H and O–H groups in total. The lowest BCUT2D eigenvalue weighted by molar-refractivity contribution is -0.274. The van der Waals surface area contributed by atoms with E-state index in [2.05, 4.69) is 19.7 Å². The summed E-state index contributed by atoms with van der Waals surface area (Å²) in [5.41, 5.74) is 0.900.